The lowest BCUT2D eigenvalue weighted by atomic mass is 9.49. The van der Waals surface area contributed by atoms with Crippen molar-refractivity contribution < 1.29 is 39.3 Å². The van der Waals surface area contributed by atoms with Crippen LogP contribution in [0.1, 0.15) is 28.8 Å². The number of phenols is 1. The topological polar surface area (TPSA) is 175 Å². The van der Waals surface area contributed by atoms with Gasteiger partial charge in [0.2, 0.25) is 5.91 Å². The number of Topliss-reactive ketones (excluding diaryl/α,β-unsaturated/α-hetero) is 4. The maximum Gasteiger partial charge on any atom is 0.235 e. The summed E-state index contributed by atoms with van der Waals surface area (Å²) in [6.07, 6.45) is -1.62. The third-order valence-corrected chi connectivity index (χ3v) is 7.35. The highest BCUT2D eigenvalue weighted by molar-refractivity contribution is 6.32. The molecule has 0 radical (unpaired) electrons. The Hall–Kier alpha value is -2.95. The predicted octanol–water partition coefficient (Wildman–Crippen LogP) is -1.60. The minimum absolute atomic E-state index is 0.112. The van der Waals surface area contributed by atoms with E-state index in [0.29, 0.717) is 5.56 Å². The lowest BCUT2D eigenvalue weighted by molar-refractivity contribution is -0.196. The molecule has 1 amide bonds. The van der Waals surface area contributed by atoms with Gasteiger partial charge in [-0.1, -0.05) is 19.1 Å². The third kappa shape index (κ3) is 2.54. The number of amides is 1. The normalized spacial score (nSPS) is 38.9. The Morgan fingerprint density at radius 2 is 1.75 bits per heavy atom. The third-order valence-electron chi connectivity index (χ3n) is 7.35. The van der Waals surface area contributed by atoms with Crippen LogP contribution in [0.25, 0.3) is 0 Å². The number of nitrogens with zero attached hydrogens (tertiary/aromatic N) is 1. The minimum Gasteiger partial charge on any atom is -0.507 e. The van der Waals surface area contributed by atoms with Gasteiger partial charge in [-0.25, -0.2) is 0 Å². The van der Waals surface area contributed by atoms with Crippen molar-refractivity contribution in [2.45, 2.75) is 30.6 Å². The summed E-state index contributed by atoms with van der Waals surface area (Å²) in [5.41, 5.74) is 2.58. The van der Waals surface area contributed by atoms with E-state index in [4.69, 9.17) is 5.73 Å². The molecule has 0 aliphatic heterocycles. The lowest BCUT2D eigenvalue weighted by Crippen LogP contribution is -2.77. The van der Waals surface area contributed by atoms with Gasteiger partial charge in [0, 0.05) is 5.92 Å². The van der Waals surface area contributed by atoms with E-state index in [1.807, 2.05) is 0 Å². The molecule has 1 aromatic carbocycles. The Kier molecular flexibility index (Phi) is 4.89. The zero-order valence-corrected chi connectivity index (χ0v) is 17.7. The van der Waals surface area contributed by atoms with Crippen molar-refractivity contribution in [1.82, 2.24) is 4.90 Å². The summed E-state index contributed by atoms with van der Waals surface area (Å²) in [5.74, 6) is -13.1. The van der Waals surface area contributed by atoms with Crippen LogP contribution < -0.4 is 5.73 Å². The standard InChI is InChI=1S/C22H24N2O8/c1-7-8-5-4-6-9(25)11(8)16(26)12-10(7)17(27)14-15(24(2)3)18(28)13(21(23)31)20(30)22(14,32)19(12)29/h4-7,10,12-15,17,25,27,32H,1-3H3,(H2,23,31)/t7?,10?,12?,13?,14?,15-,17?,22?/m0/s1. The van der Waals surface area contributed by atoms with Gasteiger partial charge in [0.1, 0.15) is 5.75 Å². The van der Waals surface area contributed by atoms with E-state index in [1.165, 1.54) is 31.1 Å². The van der Waals surface area contributed by atoms with Crippen LogP contribution in [0.5, 0.6) is 5.75 Å². The molecular weight excluding hydrogens is 420 g/mol. The van der Waals surface area contributed by atoms with Crippen LogP contribution in [-0.2, 0) is 19.2 Å². The first kappa shape index (κ1) is 22.3. The number of rotatable bonds is 2. The van der Waals surface area contributed by atoms with Crippen LogP contribution >= 0.6 is 0 Å². The Labute approximate surface area is 183 Å². The number of aliphatic hydroxyl groups excluding tert-OH is 1. The van der Waals surface area contributed by atoms with E-state index in [9.17, 15) is 39.3 Å². The number of likely N-dealkylation sites (N-methyl/N-ethyl adjacent to an activating group) is 1. The Morgan fingerprint density at radius 1 is 1.12 bits per heavy atom. The molecular formula is C22H24N2O8. The number of carbonyl (C=O) groups excluding carboxylic acids is 5. The zero-order valence-electron chi connectivity index (χ0n) is 17.7. The van der Waals surface area contributed by atoms with Crippen LogP contribution in [-0.4, -0.2) is 81.1 Å². The zero-order chi connectivity index (χ0) is 23.9. The smallest absolute Gasteiger partial charge is 0.235 e. The number of nitrogens with two attached hydrogens (primary N) is 1. The largest absolute Gasteiger partial charge is 0.507 e. The average molecular weight is 444 g/mol. The average Bonchev–Trinajstić information content (AvgIpc) is 2.70. The van der Waals surface area contributed by atoms with Gasteiger partial charge in [0.05, 0.1) is 29.5 Å². The Morgan fingerprint density at radius 3 is 2.31 bits per heavy atom. The maximum atomic E-state index is 13.6. The second-order valence-electron chi connectivity index (χ2n) is 9.11. The van der Waals surface area contributed by atoms with Gasteiger partial charge in [-0.05, 0) is 31.6 Å². The molecule has 2 fully saturated rings. The molecule has 0 saturated heterocycles. The summed E-state index contributed by atoms with van der Waals surface area (Å²) in [5, 5.41) is 33.1. The van der Waals surface area contributed by atoms with E-state index in [2.05, 4.69) is 0 Å². The van der Waals surface area contributed by atoms with Gasteiger partial charge in [0.15, 0.2) is 34.7 Å². The Balaban J connectivity index is 1.96. The second-order valence-corrected chi connectivity index (χ2v) is 9.11. The first-order chi connectivity index (χ1) is 14.9. The fraction of sp³-hybridized carbons (Fsp3) is 0.500. The summed E-state index contributed by atoms with van der Waals surface area (Å²) in [6, 6.07) is 3.03. The molecule has 1 aromatic rings. The number of fused-ring (bicyclic) bond motifs is 3. The molecule has 0 spiro atoms. The van der Waals surface area contributed by atoms with E-state index in [1.54, 1.807) is 13.0 Å². The first-order valence-electron chi connectivity index (χ1n) is 10.2. The van der Waals surface area contributed by atoms with E-state index in [0.717, 1.165) is 0 Å². The Bertz CT molecular complexity index is 1080. The quantitative estimate of drug-likeness (QED) is 0.391. The van der Waals surface area contributed by atoms with Gasteiger partial charge in [-0.2, -0.15) is 0 Å². The predicted molar refractivity (Wildman–Crippen MR) is 107 cm³/mol. The molecule has 0 bridgehead atoms. The van der Waals surface area contributed by atoms with E-state index >= 15 is 0 Å². The number of hydrogen-bond acceptors (Lipinski definition) is 9. The highest BCUT2D eigenvalue weighted by Gasteiger charge is 2.72. The molecule has 7 unspecified atom stereocenters. The monoisotopic (exact) mass is 444 g/mol. The summed E-state index contributed by atoms with van der Waals surface area (Å²) in [6.45, 7) is 1.66. The molecule has 0 heterocycles. The van der Waals surface area contributed by atoms with Gasteiger partial charge in [-0.15, -0.1) is 0 Å². The number of aromatic hydroxyl groups is 1. The van der Waals surface area contributed by atoms with Crippen molar-refractivity contribution >= 4 is 29.0 Å². The number of hydrogen-bond donors (Lipinski definition) is 4. The van der Waals surface area contributed by atoms with Crippen LogP contribution in [0.3, 0.4) is 0 Å². The summed E-state index contributed by atoms with van der Waals surface area (Å²) < 4.78 is 0. The molecule has 10 heteroatoms. The highest BCUT2D eigenvalue weighted by Crippen LogP contribution is 2.54. The lowest BCUT2D eigenvalue weighted by Gasteiger charge is -2.55. The molecule has 2 saturated carbocycles. The van der Waals surface area contributed by atoms with Crippen molar-refractivity contribution in [3.05, 3.63) is 29.3 Å². The summed E-state index contributed by atoms with van der Waals surface area (Å²) >= 11 is 0. The van der Waals surface area contributed by atoms with Crippen molar-refractivity contribution in [2.75, 3.05) is 14.1 Å². The van der Waals surface area contributed by atoms with Gasteiger partial charge in [0.25, 0.3) is 0 Å². The molecule has 3 aliphatic rings. The van der Waals surface area contributed by atoms with Gasteiger partial charge < -0.3 is 21.1 Å². The van der Waals surface area contributed by atoms with E-state index in [-0.39, 0.29) is 11.3 Å². The van der Waals surface area contributed by atoms with Crippen molar-refractivity contribution in [1.29, 1.82) is 0 Å². The number of carbonyl (C=O) groups is 5. The molecule has 5 N–H and O–H groups in total. The van der Waals surface area contributed by atoms with Crippen LogP contribution in [0.2, 0.25) is 0 Å². The molecule has 4 rings (SSSR count). The molecule has 170 valence electrons. The number of phenolic OH excluding ortho intramolecular Hbond substituents is 1. The second kappa shape index (κ2) is 7.03. The molecule has 32 heavy (non-hydrogen) atoms. The first-order valence-corrected chi connectivity index (χ1v) is 10.2. The highest BCUT2D eigenvalue weighted by atomic mass is 16.3. The number of aliphatic hydroxyl groups is 2. The van der Waals surface area contributed by atoms with Crippen LogP contribution in [0, 0.1) is 23.7 Å². The van der Waals surface area contributed by atoms with E-state index < -0.39 is 76.4 Å². The molecule has 0 aromatic heterocycles. The molecule has 3 aliphatic carbocycles. The van der Waals surface area contributed by atoms with Crippen molar-refractivity contribution in [3.63, 3.8) is 0 Å². The van der Waals surface area contributed by atoms with Gasteiger partial charge in [-0.3, -0.25) is 28.9 Å². The fourth-order valence-corrected chi connectivity index (χ4v) is 5.95. The SMILES string of the molecule is CC1c2cccc(O)c2C(=O)C2C(=O)C3(O)C(=O)C(C(N)=O)C(=O)[C@@H](N(C)C)C3C(O)C21. The van der Waals surface area contributed by atoms with Crippen molar-refractivity contribution in [3.8, 4) is 5.75 Å². The number of benzene rings is 1. The number of primary amides is 1. The van der Waals surface area contributed by atoms with Gasteiger partial charge >= 0.3 is 0 Å². The van der Waals surface area contributed by atoms with Crippen LogP contribution in [0.4, 0.5) is 0 Å². The summed E-state index contributed by atoms with van der Waals surface area (Å²) in [7, 11) is 2.89. The molecule has 10 nitrogen and oxygen atoms in total. The maximum absolute atomic E-state index is 13.6. The van der Waals surface area contributed by atoms with Crippen LogP contribution in [0.15, 0.2) is 18.2 Å². The molecule has 8 atom stereocenters. The fourth-order valence-electron chi connectivity index (χ4n) is 5.95. The number of ketones is 4. The summed E-state index contributed by atoms with van der Waals surface area (Å²) in [4.78, 5) is 66.3. The minimum atomic E-state index is -2.97. The van der Waals surface area contributed by atoms with Crippen molar-refractivity contribution in [2.24, 2.45) is 29.4 Å².